The topological polar surface area (TPSA) is 863 Å². The van der Waals surface area contributed by atoms with E-state index in [1.54, 1.807) is 58.0 Å². The van der Waals surface area contributed by atoms with Crippen LogP contribution in [0.25, 0.3) is 0 Å². The summed E-state index contributed by atoms with van der Waals surface area (Å²) in [5, 5.41) is 134. The minimum Gasteiger partial charge on any atom is -0.481 e. The van der Waals surface area contributed by atoms with Gasteiger partial charge in [-0.2, -0.15) is 0 Å². The van der Waals surface area contributed by atoms with E-state index in [0.717, 1.165) is 6.42 Å². The molecule has 5 heterocycles. The van der Waals surface area contributed by atoms with Crippen molar-refractivity contribution < 1.29 is 142 Å². The number of amides is 13. The Morgan fingerprint density at radius 3 is 1.80 bits per heavy atom. The summed E-state index contributed by atoms with van der Waals surface area (Å²) >= 11 is 1.35. The van der Waals surface area contributed by atoms with Crippen LogP contribution < -0.4 is 104 Å². The molecule has 52 heteroatoms. The predicted octanol–water partition coefficient (Wildman–Crippen LogP) is -10.1. The number of nitrogens with one attached hydrogen (secondary N) is 13. The highest BCUT2D eigenvalue weighted by Gasteiger charge is 2.54. The standard InChI is InChI=1S/C66H103N17O16S.C22H43N5O13/c1-9-35(6)52(69)66-81-48(32-100-66)63(97)76-43(26-34(4)5)59(93)74-42(22-23-50(85)86)58(92)83-53(36(7)10-2)64(98)75-40-20-15-16-25-71-55(89)46(29-49(68)84)78-62(96)47(30-51(87)88)79-61(95)45(28-39-31-70-33-72-39)77-60(94)44(27-38-18-13-12-14-19-38)80-65(99)54(37(8)11-3)82-57(91)41(21-17-24-67)73-56(40)90;23-2-1-8(29)20(36)27-7-3-6(25)18(39-22-16(34)15(33)13(31)9(4-24)37-22)17(35)19(7)40-21-14(32)11(26)12(30)10(5-28)38-21/h12-14,18-19,31,33-37,40-48,52-54H,9-11,15-17,20-30,32,67,69H2,1-8H3,(H2,68,84)(H,70,72)(H,71,89)(H,73,90)(H,74,93)(H,75,98)(H,76,97)(H,77,94)(H,78,96)(H,79,95)(H,80,99)(H,82,91)(H,83,92)(H,85,86)(H,87,88);6-19,21-22,28-35H,1-5,23-26H2,(H,27,36)/t35-,36-,37-,40+,41+,42+,43-,44+,45-,46-,47+,48-,52-,53-,54-;6-,7+,8?,9+,10+,11-,12+,13+,14+,15-,16+,17-,18?,19-,21+,22+/m00/s1. The van der Waals surface area contributed by atoms with Crippen LogP contribution in [0.5, 0.6) is 0 Å². The van der Waals surface area contributed by atoms with Crippen molar-refractivity contribution >= 4 is 106 Å². The molecule has 5 aliphatic rings. The molecule has 0 radical (unpaired) electrons. The molecular formula is C88H146N22O29S. The molecular weight excluding hydrogens is 1860 g/mol. The van der Waals surface area contributed by atoms with Gasteiger partial charge in [-0.15, -0.1) is 11.8 Å². The molecule has 2 aromatic rings. The number of aliphatic imine (C=N–C) groups is 1. The highest BCUT2D eigenvalue weighted by atomic mass is 32.2. The Kier molecular flexibility index (Phi) is 49.4. The first-order valence-corrected chi connectivity index (χ1v) is 48.2. The van der Waals surface area contributed by atoms with Crippen LogP contribution in [0.4, 0.5) is 0 Å². The predicted molar refractivity (Wildman–Crippen MR) is 501 cm³/mol. The Labute approximate surface area is 814 Å². The largest absolute Gasteiger partial charge is 0.481 e. The molecule has 788 valence electrons. The van der Waals surface area contributed by atoms with E-state index in [0.29, 0.717) is 16.3 Å². The Morgan fingerprint density at radius 1 is 0.607 bits per heavy atom. The molecule has 1 aliphatic carbocycles. The lowest BCUT2D eigenvalue weighted by molar-refractivity contribution is -0.332. The van der Waals surface area contributed by atoms with Crippen LogP contribution in [0.3, 0.4) is 0 Å². The van der Waals surface area contributed by atoms with Crippen molar-refractivity contribution in [3.8, 4) is 0 Å². The number of carboxylic acid groups (broad SMARTS) is 2. The average molecular weight is 2010 g/mol. The van der Waals surface area contributed by atoms with Gasteiger partial charge in [-0.05, 0) is 100 Å². The van der Waals surface area contributed by atoms with Crippen LogP contribution in [-0.4, -0.2) is 364 Å². The van der Waals surface area contributed by atoms with Gasteiger partial charge in [0.25, 0.3) is 0 Å². The summed E-state index contributed by atoms with van der Waals surface area (Å²) in [7, 11) is 0. The number of nitrogens with zero attached hydrogens (tertiary/aromatic N) is 2. The zero-order valence-corrected chi connectivity index (χ0v) is 80.7. The molecule has 0 bridgehead atoms. The van der Waals surface area contributed by atoms with Crippen molar-refractivity contribution in [2.24, 2.45) is 68.8 Å². The van der Waals surface area contributed by atoms with Crippen LogP contribution in [0.15, 0.2) is 47.8 Å². The van der Waals surface area contributed by atoms with Crippen molar-refractivity contribution in [1.29, 1.82) is 0 Å². The number of imidazole rings is 1. The van der Waals surface area contributed by atoms with Crippen molar-refractivity contribution in [1.82, 2.24) is 73.8 Å². The van der Waals surface area contributed by atoms with Gasteiger partial charge in [0.05, 0.1) is 48.9 Å². The van der Waals surface area contributed by atoms with Crippen LogP contribution in [0.2, 0.25) is 0 Å². The number of carbonyl (C=O) groups excluding carboxylic acids is 13. The first-order valence-electron chi connectivity index (χ1n) is 47.2. The maximum absolute atomic E-state index is 14.9. The van der Waals surface area contributed by atoms with Crippen molar-refractivity contribution in [2.45, 2.75) is 335 Å². The minimum absolute atomic E-state index is 0.00117. The van der Waals surface area contributed by atoms with E-state index in [9.17, 15) is 123 Å². The molecule has 7 rings (SSSR count). The summed E-state index contributed by atoms with van der Waals surface area (Å²) in [5.41, 5.74) is 41.8. The third-order valence-electron chi connectivity index (χ3n) is 25.0. The Hall–Kier alpha value is -10.2. The average Bonchev–Trinajstić information content (AvgIpc) is 1.66. The molecule has 37 N–H and O–H groups in total. The molecule has 1 aromatic heterocycles. The lowest BCUT2D eigenvalue weighted by atomic mass is 9.83. The van der Waals surface area contributed by atoms with Crippen LogP contribution in [0.1, 0.15) is 163 Å². The van der Waals surface area contributed by atoms with E-state index < -0.39 is 303 Å². The lowest BCUT2D eigenvalue weighted by Gasteiger charge is -2.49. The van der Waals surface area contributed by atoms with Gasteiger partial charge >= 0.3 is 11.9 Å². The maximum Gasteiger partial charge on any atom is 0.305 e. The summed E-state index contributed by atoms with van der Waals surface area (Å²) in [6.45, 7) is 13.2. The fraction of sp³-hybridized carbons (Fsp3) is 0.716. The van der Waals surface area contributed by atoms with E-state index in [2.05, 4.69) is 78.8 Å². The number of ether oxygens (including phenoxy) is 4. The second-order valence-corrected chi connectivity index (χ2v) is 37.3. The van der Waals surface area contributed by atoms with Crippen molar-refractivity contribution in [3.63, 3.8) is 0 Å². The number of aromatic amines is 1. The second kappa shape index (κ2) is 58.4. The van der Waals surface area contributed by atoms with E-state index >= 15 is 0 Å². The Bertz CT molecular complexity index is 4400. The quantitative estimate of drug-likeness (QED) is 0.0294. The molecule has 3 saturated heterocycles. The minimum atomic E-state index is -1.94. The van der Waals surface area contributed by atoms with Crippen LogP contribution >= 0.6 is 11.8 Å². The number of rotatable bonds is 41. The van der Waals surface area contributed by atoms with Crippen LogP contribution in [0, 0.1) is 23.7 Å². The number of hydrogen-bond donors (Lipinski definition) is 30. The van der Waals surface area contributed by atoms with Gasteiger partial charge in [0.15, 0.2) is 12.6 Å². The molecule has 0 spiro atoms. The number of nitrogens with two attached hydrogens (primary N) is 7. The van der Waals surface area contributed by atoms with E-state index in [1.807, 2.05) is 27.7 Å². The molecule has 140 heavy (non-hydrogen) atoms. The molecule has 51 nitrogen and oxygen atoms in total. The van der Waals surface area contributed by atoms with Gasteiger partial charge in [0.2, 0.25) is 76.8 Å². The number of H-pyrrole nitrogens is 1. The van der Waals surface area contributed by atoms with Gasteiger partial charge in [0.1, 0.15) is 134 Å². The monoisotopic (exact) mass is 2010 g/mol. The smallest absolute Gasteiger partial charge is 0.305 e. The number of hydrogen-bond acceptors (Lipinski definition) is 36. The summed E-state index contributed by atoms with van der Waals surface area (Å²) in [6, 6.07) is -11.8. The normalized spacial score (nSPS) is 30.0. The van der Waals surface area contributed by atoms with E-state index in [4.69, 9.17) is 59.1 Å². The number of benzene rings is 1. The molecule has 31 atom stereocenters. The number of carbonyl (C=O) groups is 15. The number of carboxylic acids is 2. The van der Waals surface area contributed by atoms with Gasteiger partial charge in [0, 0.05) is 56.0 Å². The van der Waals surface area contributed by atoms with Gasteiger partial charge in [-0.1, -0.05) is 105 Å². The highest BCUT2D eigenvalue weighted by molar-refractivity contribution is 8.14. The summed E-state index contributed by atoms with van der Waals surface area (Å²) in [4.78, 5) is 219. The molecule has 13 amide bonds. The van der Waals surface area contributed by atoms with Crippen LogP contribution in [-0.2, 0) is 104 Å². The van der Waals surface area contributed by atoms with Gasteiger partial charge in [-0.3, -0.25) is 76.9 Å². The van der Waals surface area contributed by atoms with E-state index in [1.165, 1.54) is 24.3 Å². The summed E-state index contributed by atoms with van der Waals surface area (Å²) < 4.78 is 22.5. The highest BCUT2D eigenvalue weighted by Crippen LogP contribution is 2.34. The summed E-state index contributed by atoms with van der Waals surface area (Å²) in [6.07, 6.45) is -19.5. The van der Waals surface area contributed by atoms with Crippen molar-refractivity contribution in [3.05, 3.63) is 54.1 Å². The third kappa shape index (κ3) is 35.7. The Balaban J connectivity index is 0.000000620. The molecule has 2 unspecified atom stereocenters. The van der Waals surface area contributed by atoms with Gasteiger partial charge < -0.3 is 179 Å². The number of aliphatic carboxylic acids is 2. The number of aliphatic hydroxyl groups excluding tert-OH is 8. The fourth-order valence-electron chi connectivity index (χ4n) is 15.9. The van der Waals surface area contributed by atoms with Crippen molar-refractivity contribution in [2.75, 3.05) is 38.5 Å². The molecule has 1 aromatic carbocycles. The zero-order valence-electron chi connectivity index (χ0n) is 79.9. The first-order chi connectivity index (χ1) is 66.2. The van der Waals surface area contributed by atoms with Gasteiger partial charge in [-0.25, -0.2) is 4.98 Å². The fourth-order valence-corrected chi connectivity index (χ4v) is 17.1. The first kappa shape index (κ1) is 118. The SMILES string of the molecule is CC[C@H](C)[C@H](N)C1=N[C@H](C(=O)N[C@@H](CC(C)C)C(=O)N[C@H](CCC(=O)O)C(=O)N[C@H](C(=O)N[C@@H]2CCCCNC(=O)[C@H](CC(N)=O)NC(=O)[C@@H](CC(=O)O)NC(=O)[C@H](Cc3cnc[nH]3)NC(=O)[C@@H](Cc3ccccc3)NC(=O)[C@H]([C@@H](C)CC)NC(=O)[C@@H](CCCN)NC2=O)[C@@H](C)CC)CS1.NCCC(O)C(=O)N[C@@H]1C[C@H](N)C(O[C@H]2O[C@H](CN)[C@@H](O)[C@H](O)[C@H]2O)[C@H](O)[C@H]1O[C@H]1O[C@H](CO)[C@@H](O)[C@H](N)[C@H]1O. The number of aromatic nitrogens is 2. The lowest BCUT2D eigenvalue weighted by Crippen LogP contribution is -2.69. The number of primary amides is 1. The van der Waals surface area contributed by atoms with E-state index in [-0.39, 0.29) is 121 Å². The zero-order chi connectivity index (χ0) is 104. The summed E-state index contributed by atoms with van der Waals surface area (Å²) in [5.74, 6) is -16.2. The second-order valence-electron chi connectivity index (χ2n) is 36.3. The molecule has 4 fully saturated rings. The maximum atomic E-state index is 14.9. The molecule has 4 aliphatic heterocycles. The molecule has 1 saturated carbocycles. The number of aliphatic hydroxyl groups is 8. The third-order valence-corrected chi connectivity index (χ3v) is 26.1. The number of thioether (sulfide) groups is 1. The Morgan fingerprint density at radius 2 is 1.21 bits per heavy atom.